The number of rotatable bonds is 7. The molecule has 0 aromatic carbocycles. The molecule has 0 aliphatic carbocycles. The molecule has 1 N–H and O–H groups in total. The zero-order chi connectivity index (χ0) is 10.3. The van der Waals surface area contributed by atoms with E-state index in [2.05, 4.69) is 5.32 Å². The molecule has 0 amide bonds. The van der Waals surface area contributed by atoms with Crippen LogP contribution in [0.5, 0.6) is 0 Å². The van der Waals surface area contributed by atoms with Crippen molar-refractivity contribution in [3.63, 3.8) is 0 Å². The highest BCUT2D eigenvalue weighted by Gasteiger charge is 2.14. The van der Waals surface area contributed by atoms with E-state index >= 15 is 0 Å². The van der Waals surface area contributed by atoms with Gasteiger partial charge in [-0.1, -0.05) is 13.8 Å². The number of Topliss-reactive ketones (excluding diaryl/α,β-unsaturated/α-hetero) is 2. The SMILES string of the molecule is CCC(=O)CCC(NC)C(=O)CC. The van der Waals surface area contributed by atoms with Gasteiger partial charge in [-0.25, -0.2) is 0 Å². The van der Waals surface area contributed by atoms with E-state index in [9.17, 15) is 9.59 Å². The fourth-order valence-electron chi connectivity index (χ4n) is 1.19. The highest BCUT2D eigenvalue weighted by Crippen LogP contribution is 2.02. The number of likely N-dealkylation sites (N-methyl/N-ethyl adjacent to an activating group) is 1. The number of hydrogen-bond donors (Lipinski definition) is 1. The standard InChI is InChI=1S/C10H19NO2/c1-4-8(12)6-7-9(11-3)10(13)5-2/h9,11H,4-7H2,1-3H3. The van der Waals surface area contributed by atoms with Crippen LogP contribution in [-0.4, -0.2) is 24.7 Å². The first-order valence-electron chi connectivity index (χ1n) is 4.87. The van der Waals surface area contributed by atoms with Crippen LogP contribution < -0.4 is 5.32 Å². The summed E-state index contributed by atoms with van der Waals surface area (Å²) in [4.78, 5) is 22.3. The molecule has 0 heterocycles. The maximum Gasteiger partial charge on any atom is 0.149 e. The third-order valence-electron chi connectivity index (χ3n) is 2.19. The van der Waals surface area contributed by atoms with E-state index in [1.54, 1.807) is 7.05 Å². The van der Waals surface area contributed by atoms with Crippen LogP contribution in [0.4, 0.5) is 0 Å². The highest BCUT2D eigenvalue weighted by atomic mass is 16.1. The molecular formula is C10H19NO2. The Hall–Kier alpha value is -0.700. The zero-order valence-corrected chi connectivity index (χ0v) is 8.72. The Bertz CT molecular complexity index is 178. The maximum absolute atomic E-state index is 11.3. The van der Waals surface area contributed by atoms with Crippen molar-refractivity contribution in [3.8, 4) is 0 Å². The summed E-state index contributed by atoms with van der Waals surface area (Å²) in [6, 6.07) is -0.138. The van der Waals surface area contributed by atoms with Crippen molar-refractivity contribution >= 4 is 11.6 Å². The topological polar surface area (TPSA) is 46.2 Å². The van der Waals surface area contributed by atoms with Crippen molar-refractivity contribution in [3.05, 3.63) is 0 Å². The molecule has 0 saturated heterocycles. The van der Waals surface area contributed by atoms with Crippen molar-refractivity contribution < 1.29 is 9.59 Å². The van der Waals surface area contributed by atoms with Gasteiger partial charge in [-0.05, 0) is 13.5 Å². The van der Waals surface area contributed by atoms with Crippen molar-refractivity contribution in [1.29, 1.82) is 0 Å². The molecule has 0 radical (unpaired) electrons. The van der Waals surface area contributed by atoms with Crippen LogP contribution in [0.1, 0.15) is 39.5 Å². The van der Waals surface area contributed by atoms with Crippen LogP contribution in [0.2, 0.25) is 0 Å². The lowest BCUT2D eigenvalue weighted by atomic mass is 10.0. The molecule has 0 spiro atoms. The lowest BCUT2D eigenvalue weighted by Gasteiger charge is -2.12. The van der Waals surface area contributed by atoms with Crippen LogP contribution in [0.25, 0.3) is 0 Å². The summed E-state index contributed by atoms with van der Waals surface area (Å²) >= 11 is 0. The van der Waals surface area contributed by atoms with E-state index in [4.69, 9.17) is 0 Å². The third-order valence-corrected chi connectivity index (χ3v) is 2.19. The molecule has 0 aromatic heterocycles. The first-order chi connectivity index (χ1) is 6.15. The minimum Gasteiger partial charge on any atom is -0.311 e. The molecule has 0 fully saturated rings. The minimum atomic E-state index is -0.138. The number of nitrogens with one attached hydrogen (secondary N) is 1. The van der Waals surface area contributed by atoms with Gasteiger partial charge in [0.25, 0.3) is 0 Å². The Kier molecular flexibility index (Phi) is 6.41. The first kappa shape index (κ1) is 12.3. The Morgan fingerprint density at radius 1 is 1.23 bits per heavy atom. The first-order valence-corrected chi connectivity index (χ1v) is 4.87. The molecule has 0 rings (SSSR count). The fraction of sp³-hybridized carbons (Fsp3) is 0.800. The second kappa shape index (κ2) is 6.78. The average Bonchev–Trinajstić information content (AvgIpc) is 2.17. The third kappa shape index (κ3) is 4.78. The molecule has 76 valence electrons. The molecule has 0 aliphatic heterocycles. The van der Waals surface area contributed by atoms with Gasteiger partial charge in [0.05, 0.1) is 6.04 Å². The lowest BCUT2D eigenvalue weighted by Crippen LogP contribution is -2.34. The highest BCUT2D eigenvalue weighted by molar-refractivity contribution is 5.85. The summed E-state index contributed by atoms with van der Waals surface area (Å²) in [5.41, 5.74) is 0. The van der Waals surface area contributed by atoms with Crippen molar-refractivity contribution in [2.24, 2.45) is 0 Å². The zero-order valence-electron chi connectivity index (χ0n) is 8.72. The summed E-state index contributed by atoms with van der Waals surface area (Å²) in [7, 11) is 1.76. The normalized spacial score (nSPS) is 12.5. The number of carbonyl (C=O) groups excluding carboxylic acids is 2. The molecule has 1 atom stereocenters. The van der Waals surface area contributed by atoms with Crippen LogP contribution in [0, 0.1) is 0 Å². The van der Waals surface area contributed by atoms with Crippen LogP contribution in [0.3, 0.4) is 0 Å². The van der Waals surface area contributed by atoms with E-state index < -0.39 is 0 Å². The number of ketones is 2. The van der Waals surface area contributed by atoms with E-state index in [1.807, 2.05) is 13.8 Å². The average molecular weight is 185 g/mol. The molecule has 1 unspecified atom stereocenters. The molecule has 0 aliphatic rings. The van der Waals surface area contributed by atoms with E-state index in [-0.39, 0.29) is 17.6 Å². The van der Waals surface area contributed by atoms with Crippen molar-refractivity contribution in [2.45, 2.75) is 45.6 Å². The van der Waals surface area contributed by atoms with E-state index in [0.29, 0.717) is 25.7 Å². The predicted octanol–water partition coefficient (Wildman–Crippen LogP) is 1.31. The number of carbonyl (C=O) groups is 2. The molecular weight excluding hydrogens is 166 g/mol. The van der Waals surface area contributed by atoms with Crippen molar-refractivity contribution in [2.75, 3.05) is 7.05 Å². The van der Waals surface area contributed by atoms with Gasteiger partial charge in [-0.15, -0.1) is 0 Å². The van der Waals surface area contributed by atoms with Gasteiger partial charge in [0.15, 0.2) is 0 Å². The second-order valence-corrected chi connectivity index (χ2v) is 3.09. The summed E-state index contributed by atoms with van der Waals surface area (Å²) in [6.45, 7) is 3.69. The quantitative estimate of drug-likeness (QED) is 0.650. The Morgan fingerprint density at radius 2 is 1.85 bits per heavy atom. The maximum atomic E-state index is 11.3. The summed E-state index contributed by atoms with van der Waals surface area (Å²) < 4.78 is 0. The minimum absolute atomic E-state index is 0.138. The molecule has 0 aromatic rings. The molecule has 3 nitrogen and oxygen atoms in total. The van der Waals surface area contributed by atoms with E-state index in [1.165, 1.54) is 0 Å². The predicted molar refractivity (Wildman–Crippen MR) is 52.7 cm³/mol. The summed E-state index contributed by atoms with van der Waals surface area (Å²) in [5.74, 6) is 0.413. The number of hydrogen-bond acceptors (Lipinski definition) is 3. The van der Waals surface area contributed by atoms with Gasteiger partial charge in [0, 0.05) is 19.3 Å². The van der Waals surface area contributed by atoms with Gasteiger partial charge < -0.3 is 5.32 Å². The Balaban J connectivity index is 3.85. The summed E-state index contributed by atoms with van der Waals surface area (Å²) in [5, 5.41) is 2.93. The summed E-state index contributed by atoms with van der Waals surface area (Å²) in [6.07, 6.45) is 2.24. The largest absolute Gasteiger partial charge is 0.311 e. The fourth-order valence-corrected chi connectivity index (χ4v) is 1.19. The van der Waals surface area contributed by atoms with Crippen LogP contribution in [0.15, 0.2) is 0 Å². The smallest absolute Gasteiger partial charge is 0.149 e. The monoisotopic (exact) mass is 185 g/mol. The Labute approximate surface area is 79.9 Å². The molecule has 3 heteroatoms. The van der Waals surface area contributed by atoms with Gasteiger partial charge in [-0.2, -0.15) is 0 Å². The lowest BCUT2D eigenvalue weighted by molar-refractivity contribution is -0.121. The molecule has 13 heavy (non-hydrogen) atoms. The van der Waals surface area contributed by atoms with Crippen molar-refractivity contribution in [1.82, 2.24) is 5.32 Å². The van der Waals surface area contributed by atoms with Crippen LogP contribution in [-0.2, 0) is 9.59 Å². The van der Waals surface area contributed by atoms with Gasteiger partial charge >= 0.3 is 0 Å². The second-order valence-electron chi connectivity index (χ2n) is 3.09. The molecule has 0 saturated carbocycles. The van der Waals surface area contributed by atoms with E-state index in [0.717, 1.165) is 0 Å². The Morgan fingerprint density at radius 3 is 2.23 bits per heavy atom. The van der Waals surface area contributed by atoms with Gasteiger partial charge in [0.1, 0.15) is 11.6 Å². The van der Waals surface area contributed by atoms with Crippen LogP contribution >= 0.6 is 0 Å². The molecule has 0 bridgehead atoms. The van der Waals surface area contributed by atoms with Gasteiger partial charge in [-0.3, -0.25) is 9.59 Å². The van der Waals surface area contributed by atoms with Gasteiger partial charge in [0.2, 0.25) is 0 Å².